The standard InChI is InChI=1S/C22H25FN8/c1-14(24)10-27-22-29-20(26-11-16-9-17(23)7-8-18(16)25)19-21(30-22)31(13-28-19)12-15-5-3-2-4-6-15/h2-9,13-14H,10-12,24-25H2,1H3,(H2,26,27,29,30). The Hall–Kier alpha value is -3.72. The number of fused-ring (bicyclic) bond motifs is 1. The molecule has 0 bridgehead atoms. The molecule has 160 valence electrons. The summed E-state index contributed by atoms with van der Waals surface area (Å²) in [5, 5.41) is 6.40. The molecule has 0 saturated heterocycles. The molecule has 0 aliphatic carbocycles. The van der Waals surface area contributed by atoms with Crippen molar-refractivity contribution in [1.82, 2.24) is 19.5 Å². The monoisotopic (exact) mass is 420 g/mol. The lowest BCUT2D eigenvalue weighted by atomic mass is 10.2. The molecule has 0 radical (unpaired) electrons. The first-order valence-corrected chi connectivity index (χ1v) is 10.0. The van der Waals surface area contributed by atoms with Gasteiger partial charge in [-0.25, -0.2) is 9.37 Å². The van der Waals surface area contributed by atoms with Crippen molar-refractivity contribution in [3.05, 3.63) is 71.8 Å². The fourth-order valence-electron chi connectivity index (χ4n) is 3.20. The van der Waals surface area contributed by atoms with E-state index in [1.165, 1.54) is 12.1 Å². The number of anilines is 3. The fraction of sp³-hybridized carbons (Fsp3) is 0.227. The van der Waals surface area contributed by atoms with Crippen LogP contribution in [0, 0.1) is 5.82 Å². The maximum absolute atomic E-state index is 13.6. The first kappa shape index (κ1) is 20.5. The van der Waals surface area contributed by atoms with Gasteiger partial charge in [-0.1, -0.05) is 30.3 Å². The first-order chi connectivity index (χ1) is 15.0. The zero-order valence-corrected chi connectivity index (χ0v) is 17.2. The lowest BCUT2D eigenvalue weighted by Crippen LogP contribution is -2.26. The molecular weight excluding hydrogens is 395 g/mol. The van der Waals surface area contributed by atoms with E-state index in [9.17, 15) is 4.39 Å². The van der Waals surface area contributed by atoms with Gasteiger partial charge in [-0.05, 0) is 36.2 Å². The normalized spacial score (nSPS) is 12.1. The Morgan fingerprint density at radius 2 is 1.90 bits per heavy atom. The number of nitrogen functional groups attached to an aromatic ring is 1. The van der Waals surface area contributed by atoms with E-state index in [0.29, 0.717) is 53.8 Å². The van der Waals surface area contributed by atoms with Crippen molar-refractivity contribution in [2.45, 2.75) is 26.1 Å². The van der Waals surface area contributed by atoms with Gasteiger partial charge >= 0.3 is 0 Å². The van der Waals surface area contributed by atoms with Gasteiger partial charge in [-0.3, -0.25) is 0 Å². The number of nitrogens with two attached hydrogens (primary N) is 2. The molecule has 4 aromatic rings. The van der Waals surface area contributed by atoms with Crippen LogP contribution >= 0.6 is 0 Å². The number of benzene rings is 2. The van der Waals surface area contributed by atoms with E-state index in [1.807, 2.05) is 41.8 Å². The summed E-state index contributed by atoms with van der Waals surface area (Å²) in [5.41, 5.74) is 15.4. The van der Waals surface area contributed by atoms with Crippen LogP contribution in [0.15, 0.2) is 54.9 Å². The van der Waals surface area contributed by atoms with Gasteiger partial charge in [0.1, 0.15) is 5.82 Å². The molecule has 0 aliphatic rings. The second kappa shape index (κ2) is 8.97. The second-order valence-electron chi connectivity index (χ2n) is 7.48. The van der Waals surface area contributed by atoms with Gasteiger partial charge in [0.2, 0.25) is 5.95 Å². The Morgan fingerprint density at radius 1 is 1.10 bits per heavy atom. The summed E-state index contributed by atoms with van der Waals surface area (Å²) in [7, 11) is 0. The summed E-state index contributed by atoms with van der Waals surface area (Å²) in [6.07, 6.45) is 1.74. The largest absolute Gasteiger partial charge is 0.398 e. The molecule has 0 aliphatic heterocycles. The predicted octanol–water partition coefficient (Wildman–Crippen LogP) is 2.97. The number of hydrogen-bond acceptors (Lipinski definition) is 7. The summed E-state index contributed by atoms with van der Waals surface area (Å²) < 4.78 is 15.6. The Bertz CT molecular complexity index is 1170. The van der Waals surface area contributed by atoms with E-state index in [0.717, 1.165) is 5.56 Å². The fourth-order valence-corrected chi connectivity index (χ4v) is 3.20. The lowest BCUT2D eigenvalue weighted by Gasteiger charge is -2.13. The highest BCUT2D eigenvalue weighted by Gasteiger charge is 2.14. The smallest absolute Gasteiger partial charge is 0.226 e. The van der Waals surface area contributed by atoms with E-state index < -0.39 is 0 Å². The second-order valence-corrected chi connectivity index (χ2v) is 7.48. The molecule has 2 aromatic heterocycles. The number of rotatable bonds is 8. The summed E-state index contributed by atoms with van der Waals surface area (Å²) in [6, 6.07) is 14.3. The molecule has 8 nitrogen and oxygen atoms in total. The minimum Gasteiger partial charge on any atom is -0.398 e. The third-order valence-electron chi connectivity index (χ3n) is 4.79. The van der Waals surface area contributed by atoms with Crippen molar-refractivity contribution in [2.24, 2.45) is 5.73 Å². The Labute approximate surface area is 179 Å². The van der Waals surface area contributed by atoms with Crippen LogP contribution in [0.25, 0.3) is 11.2 Å². The molecule has 2 heterocycles. The van der Waals surface area contributed by atoms with E-state index in [1.54, 1.807) is 12.4 Å². The third-order valence-corrected chi connectivity index (χ3v) is 4.79. The summed E-state index contributed by atoms with van der Waals surface area (Å²) in [5.74, 6) is 0.632. The van der Waals surface area contributed by atoms with Crippen LogP contribution in [-0.2, 0) is 13.1 Å². The van der Waals surface area contributed by atoms with E-state index >= 15 is 0 Å². The molecule has 0 fully saturated rings. The van der Waals surface area contributed by atoms with Gasteiger partial charge in [-0.15, -0.1) is 0 Å². The molecule has 31 heavy (non-hydrogen) atoms. The van der Waals surface area contributed by atoms with E-state index in [4.69, 9.17) is 11.5 Å². The molecule has 1 atom stereocenters. The predicted molar refractivity (Wildman–Crippen MR) is 121 cm³/mol. The van der Waals surface area contributed by atoms with Gasteiger partial charge < -0.3 is 26.7 Å². The number of imidazole rings is 1. The highest BCUT2D eigenvalue weighted by atomic mass is 19.1. The average Bonchev–Trinajstić information content (AvgIpc) is 3.16. The quantitative estimate of drug-likeness (QED) is 0.324. The van der Waals surface area contributed by atoms with Crippen molar-refractivity contribution in [3.63, 3.8) is 0 Å². The van der Waals surface area contributed by atoms with E-state index in [-0.39, 0.29) is 11.9 Å². The molecule has 1 unspecified atom stereocenters. The number of hydrogen-bond donors (Lipinski definition) is 4. The maximum atomic E-state index is 13.6. The van der Waals surface area contributed by atoms with Crippen molar-refractivity contribution in [3.8, 4) is 0 Å². The van der Waals surface area contributed by atoms with Crippen molar-refractivity contribution >= 4 is 28.6 Å². The minimum absolute atomic E-state index is 0.0583. The number of nitrogens with zero attached hydrogens (tertiary/aromatic N) is 4. The van der Waals surface area contributed by atoms with Gasteiger partial charge in [-0.2, -0.15) is 9.97 Å². The Kier molecular flexibility index (Phi) is 5.94. The van der Waals surface area contributed by atoms with Crippen LogP contribution < -0.4 is 22.1 Å². The van der Waals surface area contributed by atoms with Gasteiger partial charge in [0.05, 0.1) is 12.9 Å². The molecule has 0 spiro atoms. The maximum Gasteiger partial charge on any atom is 0.226 e. The Balaban J connectivity index is 1.67. The highest BCUT2D eigenvalue weighted by molar-refractivity contribution is 5.84. The topological polar surface area (TPSA) is 120 Å². The van der Waals surface area contributed by atoms with Gasteiger partial charge in [0, 0.05) is 24.8 Å². The van der Waals surface area contributed by atoms with Crippen molar-refractivity contribution < 1.29 is 4.39 Å². The molecule has 0 amide bonds. The zero-order valence-electron chi connectivity index (χ0n) is 17.2. The van der Waals surface area contributed by atoms with E-state index in [2.05, 4.69) is 25.6 Å². The van der Waals surface area contributed by atoms with Gasteiger partial charge in [0.25, 0.3) is 0 Å². The molecule has 9 heteroatoms. The molecule has 0 saturated carbocycles. The van der Waals surface area contributed by atoms with Crippen LogP contribution in [0.5, 0.6) is 0 Å². The van der Waals surface area contributed by atoms with Crippen LogP contribution in [0.3, 0.4) is 0 Å². The zero-order chi connectivity index (χ0) is 21.8. The minimum atomic E-state index is -0.342. The van der Waals surface area contributed by atoms with Crippen molar-refractivity contribution in [1.29, 1.82) is 0 Å². The first-order valence-electron chi connectivity index (χ1n) is 10.0. The summed E-state index contributed by atoms with van der Waals surface area (Å²) in [4.78, 5) is 13.7. The lowest BCUT2D eigenvalue weighted by molar-refractivity contribution is 0.626. The SMILES string of the molecule is CC(N)CNc1nc(NCc2cc(F)ccc2N)c2ncn(Cc3ccccc3)c2n1. The van der Waals surface area contributed by atoms with Crippen LogP contribution in [0.1, 0.15) is 18.1 Å². The average molecular weight is 420 g/mol. The van der Waals surface area contributed by atoms with Crippen LogP contribution in [0.2, 0.25) is 0 Å². The highest BCUT2D eigenvalue weighted by Crippen LogP contribution is 2.23. The summed E-state index contributed by atoms with van der Waals surface area (Å²) >= 11 is 0. The van der Waals surface area contributed by atoms with Crippen LogP contribution in [0.4, 0.5) is 21.8 Å². The Morgan fingerprint density at radius 3 is 2.68 bits per heavy atom. The summed E-state index contributed by atoms with van der Waals surface area (Å²) in [6.45, 7) is 3.34. The molecular formula is C22H25FN8. The number of halogens is 1. The third kappa shape index (κ3) is 4.89. The number of nitrogens with one attached hydrogen (secondary N) is 2. The van der Waals surface area contributed by atoms with Crippen molar-refractivity contribution in [2.75, 3.05) is 22.9 Å². The molecule has 4 rings (SSSR count). The van der Waals surface area contributed by atoms with Crippen LogP contribution in [-0.4, -0.2) is 32.1 Å². The molecule has 2 aromatic carbocycles. The molecule has 6 N–H and O–H groups in total. The number of aromatic nitrogens is 4. The van der Waals surface area contributed by atoms with Gasteiger partial charge in [0.15, 0.2) is 17.0 Å².